The molecule has 0 N–H and O–H groups in total. The molecule has 0 aliphatic carbocycles. The number of ether oxygens (including phenoxy) is 1. The zero-order valence-corrected chi connectivity index (χ0v) is 9.70. The lowest BCUT2D eigenvalue weighted by Gasteiger charge is -2.19. The van der Waals surface area contributed by atoms with Gasteiger partial charge < -0.3 is 9.64 Å². The Kier molecular flexibility index (Phi) is 5.02. The van der Waals surface area contributed by atoms with Crippen molar-refractivity contribution in [2.24, 2.45) is 11.8 Å². The number of hydrogen-bond donors (Lipinski definition) is 0. The first-order chi connectivity index (χ1) is 6.70. The monoisotopic (exact) mass is 197 g/mol. The summed E-state index contributed by atoms with van der Waals surface area (Å²) in [4.78, 5) is 2.10. The van der Waals surface area contributed by atoms with Gasteiger partial charge in [0.25, 0.3) is 0 Å². The molecule has 2 atom stereocenters. The Morgan fingerprint density at radius 1 is 1.29 bits per heavy atom. The molecule has 0 spiro atoms. The Morgan fingerprint density at radius 2 is 2.07 bits per heavy atom. The Morgan fingerprint density at radius 3 is 2.79 bits per heavy atom. The normalized spacial score (nSPS) is 26.1. The van der Waals surface area contributed by atoms with Gasteiger partial charge in [-0.05, 0) is 37.3 Å². The molecule has 1 rings (SSSR count). The second-order valence-corrected chi connectivity index (χ2v) is 4.47. The largest absolute Gasteiger partial charge is 0.384 e. The second kappa shape index (κ2) is 6.07. The molecule has 0 amide bonds. The van der Waals surface area contributed by atoms with E-state index in [0.717, 1.165) is 19.1 Å². The molecule has 0 aromatic carbocycles. The number of hydrogen-bond acceptors (Lipinski definition) is 2. The molecule has 1 aliphatic rings. The van der Waals surface area contributed by atoms with E-state index in [4.69, 9.17) is 4.74 Å². The van der Waals surface area contributed by atoms with E-state index < -0.39 is 0 Å². The molecular formula is C12H23NO. The minimum atomic E-state index is 0.680. The molecule has 2 heteroatoms. The van der Waals surface area contributed by atoms with E-state index in [1.807, 2.05) is 0 Å². The fraction of sp³-hybridized carbons (Fsp3) is 0.833. The van der Waals surface area contributed by atoms with Crippen LogP contribution in [0.4, 0.5) is 0 Å². The van der Waals surface area contributed by atoms with E-state index in [2.05, 4.69) is 38.2 Å². The molecule has 82 valence electrons. The van der Waals surface area contributed by atoms with E-state index in [1.165, 1.54) is 19.3 Å². The standard InChI is InChI=1S/C12H23NO/c1-11(6-8-13(2)3)12-5-4-9-14-10-7-12/h6,8,11-12H,4-5,7,9-10H2,1-3H3/b8-6+. The molecule has 1 saturated heterocycles. The van der Waals surface area contributed by atoms with E-state index >= 15 is 0 Å². The Hall–Kier alpha value is -0.500. The summed E-state index contributed by atoms with van der Waals surface area (Å²) in [5.41, 5.74) is 0. The van der Waals surface area contributed by atoms with Crippen LogP contribution in [0.5, 0.6) is 0 Å². The maximum absolute atomic E-state index is 5.47. The van der Waals surface area contributed by atoms with Gasteiger partial charge >= 0.3 is 0 Å². The summed E-state index contributed by atoms with van der Waals surface area (Å²) in [5.74, 6) is 1.49. The molecule has 1 heterocycles. The molecule has 1 aliphatic heterocycles. The molecule has 2 unspecified atom stereocenters. The summed E-state index contributed by atoms with van der Waals surface area (Å²) in [6.07, 6.45) is 8.25. The minimum Gasteiger partial charge on any atom is -0.384 e. The Bertz CT molecular complexity index is 169. The Labute approximate surface area is 87.9 Å². The van der Waals surface area contributed by atoms with Crippen LogP contribution in [0.3, 0.4) is 0 Å². The van der Waals surface area contributed by atoms with Crippen LogP contribution in [0.15, 0.2) is 12.3 Å². The van der Waals surface area contributed by atoms with Crippen LogP contribution in [-0.2, 0) is 4.74 Å². The third-order valence-corrected chi connectivity index (χ3v) is 2.93. The van der Waals surface area contributed by atoms with Crippen molar-refractivity contribution < 1.29 is 4.74 Å². The molecule has 14 heavy (non-hydrogen) atoms. The third-order valence-electron chi connectivity index (χ3n) is 2.93. The molecular weight excluding hydrogens is 174 g/mol. The summed E-state index contributed by atoms with van der Waals surface area (Å²) < 4.78 is 5.47. The predicted octanol–water partition coefficient (Wildman–Crippen LogP) is 2.51. The molecule has 0 radical (unpaired) electrons. The van der Waals surface area contributed by atoms with Crippen LogP contribution in [0.2, 0.25) is 0 Å². The van der Waals surface area contributed by atoms with Gasteiger partial charge in [-0.25, -0.2) is 0 Å². The highest BCUT2D eigenvalue weighted by atomic mass is 16.5. The maximum Gasteiger partial charge on any atom is 0.0468 e. The number of rotatable bonds is 3. The first-order valence-corrected chi connectivity index (χ1v) is 5.62. The van der Waals surface area contributed by atoms with Gasteiger partial charge in [0.1, 0.15) is 0 Å². The van der Waals surface area contributed by atoms with Crippen LogP contribution in [0, 0.1) is 11.8 Å². The van der Waals surface area contributed by atoms with E-state index in [0.29, 0.717) is 5.92 Å². The highest BCUT2D eigenvalue weighted by Crippen LogP contribution is 2.24. The lowest BCUT2D eigenvalue weighted by atomic mass is 9.88. The van der Waals surface area contributed by atoms with Crippen LogP contribution >= 0.6 is 0 Å². The van der Waals surface area contributed by atoms with Crippen molar-refractivity contribution in [3.8, 4) is 0 Å². The fourth-order valence-electron chi connectivity index (χ4n) is 1.92. The lowest BCUT2D eigenvalue weighted by molar-refractivity contribution is 0.140. The summed E-state index contributed by atoms with van der Waals surface area (Å²) in [6, 6.07) is 0. The summed E-state index contributed by atoms with van der Waals surface area (Å²) in [6.45, 7) is 4.22. The van der Waals surface area contributed by atoms with E-state index in [9.17, 15) is 0 Å². The van der Waals surface area contributed by atoms with Gasteiger partial charge in [0, 0.05) is 27.3 Å². The summed E-state index contributed by atoms with van der Waals surface area (Å²) in [5, 5.41) is 0. The molecule has 2 nitrogen and oxygen atoms in total. The fourth-order valence-corrected chi connectivity index (χ4v) is 1.92. The molecule has 1 fully saturated rings. The lowest BCUT2D eigenvalue weighted by Crippen LogP contribution is -2.11. The van der Waals surface area contributed by atoms with Crippen molar-refractivity contribution in [2.75, 3.05) is 27.3 Å². The van der Waals surface area contributed by atoms with Gasteiger partial charge in [0.2, 0.25) is 0 Å². The van der Waals surface area contributed by atoms with Crippen molar-refractivity contribution in [1.82, 2.24) is 4.90 Å². The quantitative estimate of drug-likeness (QED) is 0.689. The summed E-state index contributed by atoms with van der Waals surface area (Å²) >= 11 is 0. The molecule has 0 aromatic heterocycles. The molecule has 0 saturated carbocycles. The molecule has 0 aromatic rings. The van der Waals surface area contributed by atoms with Gasteiger partial charge in [-0.2, -0.15) is 0 Å². The van der Waals surface area contributed by atoms with Crippen molar-refractivity contribution >= 4 is 0 Å². The third kappa shape index (κ3) is 4.14. The zero-order chi connectivity index (χ0) is 10.4. The SMILES string of the molecule is CC(/C=C/N(C)C)C1CCCOCC1. The van der Waals surface area contributed by atoms with Crippen LogP contribution in [-0.4, -0.2) is 32.2 Å². The zero-order valence-electron chi connectivity index (χ0n) is 9.70. The van der Waals surface area contributed by atoms with Gasteiger partial charge in [0.05, 0.1) is 0 Å². The topological polar surface area (TPSA) is 12.5 Å². The van der Waals surface area contributed by atoms with Gasteiger partial charge in [0.15, 0.2) is 0 Å². The van der Waals surface area contributed by atoms with Crippen molar-refractivity contribution in [3.05, 3.63) is 12.3 Å². The number of allylic oxidation sites excluding steroid dienone is 1. The predicted molar refractivity (Wildman–Crippen MR) is 60.2 cm³/mol. The van der Waals surface area contributed by atoms with Crippen molar-refractivity contribution in [3.63, 3.8) is 0 Å². The van der Waals surface area contributed by atoms with Crippen molar-refractivity contribution in [1.29, 1.82) is 0 Å². The van der Waals surface area contributed by atoms with Gasteiger partial charge in [-0.3, -0.25) is 0 Å². The first kappa shape index (κ1) is 11.6. The Balaban J connectivity index is 2.37. The first-order valence-electron chi connectivity index (χ1n) is 5.62. The molecule has 0 bridgehead atoms. The average Bonchev–Trinajstić information content (AvgIpc) is 2.42. The maximum atomic E-state index is 5.47. The van der Waals surface area contributed by atoms with Crippen LogP contribution in [0.25, 0.3) is 0 Å². The van der Waals surface area contributed by atoms with Gasteiger partial charge in [-0.1, -0.05) is 13.0 Å². The number of nitrogens with zero attached hydrogens (tertiary/aromatic N) is 1. The smallest absolute Gasteiger partial charge is 0.0468 e. The highest BCUT2D eigenvalue weighted by Gasteiger charge is 2.16. The van der Waals surface area contributed by atoms with Gasteiger partial charge in [-0.15, -0.1) is 0 Å². The van der Waals surface area contributed by atoms with Crippen LogP contribution in [0.1, 0.15) is 26.2 Å². The van der Waals surface area contributed by atoms with E-state index in [-0.39, 0.29) is 0 Å². The summed E-state index contributed by atoms with van der Waals surface area (Å²) in [7, 11) is 4.14. The van der Waals surface area contributed by atoms with Crippen LogP contribution < -0.4 is 0 Å². The second-order valence-electron chi connectivity index (χ2n) is 4.47. The highest BCUT2D eigenvalue weighted by molar-refractivity contribution is 4.88. The minimum absolute atomic E-state index is 0.680. The average molecular weight is 197 g/mol. The van der Waals surface area contributed by atoms with Crippen molar-refractivity contribution in [2.45, 2.75) is 26.2 Å². The van der Waals surface area contributed by atoms with E-state index in [1.54, 1.807) is 0 Å².